The highest BCUT2D eigenvalue weighted by atomic mass is 127. The maximum atomic E-state index is 5.98. The zero-order valence-corrected chi connectivity index (χ0v) is 14.4. The normalized spacial score (nSPS) is 11.4. The fraction of sp³-hybridized carbons (Fsp3) is 0.333. The van der Waals surface area contributed by atoms with E-state index >= 15 is 0 Å². The second kappa shape index (κ2) is 10.3. The van der Waals surface area contributed by atoms with E-state index in [4.69, 9.17) is 28.9 Å². The van der Waals surface area contributed by atoms with Crippen LogP contribution >= 0.6 is 47.2 Å². The minimum atomic E-state index is 0. The molecule has 1 aromatic rings. The summed E-state index contributed by atoms with van der Waals surface area (Å²) in [6.45, 7) is 2.79. The molecule has 0 saturated heterocycles. The standard InChI is InChI=1S/C12H16Cl2N4.HI/c1-2-3-7-16-12(15)18-17-8-9-10(13)5-4-6-11(9)14;/h4-6,8H,2-3,7H2,1H3,(H3,15,16,18);1H/b17-8+;. The summed E-state index contributed by atoms with van der Waals surface area (Å²) in [5.74, 6) is 0.280. The molecule has 19 heavy (non-hydrogen) atoms. The molecule has 1 rings (SSSR count). The zero-order chi connectivity index (χ0) is 13.4. The van der Waals surface area contributed by atoms with E-state index in [0.717, 1.165) is 12.8 Å². The van der Waals surface area contributed by atoms with Gasteiger partial charge in [0.25, 0.3) is 0 Å². The van der Waals surface area contributed by atoms with Crippen molar-refractivity contribution in [3.05, 3.63) is 33.8 Å². The summed E-state index contributed by atoms with van der Waals surface area (Å²) in [5, 5.41) is 5.02. The number of guanidine groups is 1. The Bertz CT molecular complexity index is 429. The molecule has 4 nitrogen and oxygen atoms in total. The summed E-state index contributed by atoms with van der Waals surface area (Å²) in [6.07, 6.45) is 3.60. The van der Waals surface area contributed by atoms with E-state index in [1.807, 2.05) is 0 Å². The van der Waals surface area contributed by atoms with Crippen LogP contribution < -0.4 is 11.2 Å². The molecule has 3 N–H and O–H groups in total. The summed E-state index contributed by atoms with van der Waals surface area (Å²) >= 11 is 12.0. The number of aliphatic imine (C=N–C) groups is 1. The molecular formula is C12H17Cl2IN4. The largest absolute Gasteiger partial charge is 0.369 e. The molecule has 0 unspecified atom stereocenters. The van der Waals surface area contributed by atoms with Crippen molar-refractivity contribution in [1.29, 1.82) is 0 Å². The van der Waals surface area contributed by atoms with Crippen molar-refractivity contribution in [3.63, 3.8) is 0 Å². The fourth-order valence-corrected chi connectivity index (χ4v) is 1.69. The van der Waals surface area contributed by atoms with E-state index in [-0.39, 0.29) is 29.9 Å². The number of hydrogen-bond donors (Lipinski definition) is 2. The van der Waals surface area contributed by atoms with Crippen LogP contribution in [0.25, 0.3) is 0 Å². The van der Waals surface area contributed by atoms with Crippen molar-refractivity contribution in [1.82, 2.24) is 5.43 Å². The van der Waals surface area contributed by atoms with Gasteiger partial charge in [-0.25, -0.2) is 5.43 Å². The van der Waals surface area contributed by atoms with Gasteiger partial charge in [-0.3, -0.25) is 4.99 Å². The van der Waals surface area contributed by atoms with Crippen molar-refractivity contribution < 1.29 is 0 Å². The SMILES string of the molecule is CCCCN=C(N)N/N=C/c1c(Cl)cccc1Cl.I. The van der Waals surface area contributed by atoms with Crippen molar-refractivity contribution in [2.45, 2.75) is 19.8 Å². The first kappa shape index (κ1) is 18.5. The van der Waals surface area contributed by atoms with Gasteiger partial charge in [-0.15, -0.1) is 24.0 Å². The molecule has 0 radical (unpaired) electrons. The first-order chi connectivity index (χ1) is 8.65. The number of halogens is 3. The second-order valence-electron chi connectivity index (χ2n) is 3.63. The molecule has 0 aliphatic rings. The first-order valence-electron chi connectivity index (χ1n) is 5.68. The number of benzene rings is 1. The van der Waals surface area contributed by atoms with E-state index in [0.29, 0.717) is 22.2 Å². The quantitative estimate of drug-likeness (QED) is 0.254. The van der Waals surface area contributed by atoms with Gasteiger partial charge < -0.3 is 5.73 Å². The predicted octanol–water partition coefficient (Wildman–Crippen LogP) is 3.65. The maximum absolute atomic E-state index is 5.98. The number of hydrogen-bond acceptors (Lipinski definition) is 2. The van der Waals surface area contributed by atoms with E-state index in [1.165, 1.54) is 6.21 Å². The Morgan fingerprint density at radius 1 is 1.37 bits per heavy atom. The van der Waals surface area contributed by atoms with Gasteiger partial charge in [0.05, 0.1) is 16.3 Å². The molecule has 0 aliphatic carbocycles. The summed E-state index contributed by atoms with van der Waals surface area (Å²) in [5.41, 5.74) is 8.89. The summed E-state index contributed by atoms with van der Waals surface area (Å²) in [4.78, 5) is 4.09. The molecule has 0 atom stereocenters. The number of nitrogens with zero attached hydrogens (tertiary/aromatic N) is 2. The molecule has 0 bridgehead atoms. The van der Waals surface area contributed by atoms with Gasteiger partial charge in [-0.05, 0) is 18.6 Å². The second-order valence-corrected chi connectivity index (χ2v) is 4.44. The Morgan fingerprint density at radius 3 is 2.58 bits per heavy atom. The molecule has 106 valence electrons. The monoisotopic (exact) mass is 414 g/mol. The molecule has 0 aromatic heterocycles. The molecule has 0 spiro atoms. The molecule has 0 aliphatic heterocycles. The molecule has 1 aromatic carbocycles. The molecular weight excluding hydrogens is 398 g/mol. The first-order valence-corrected chi connectivity index (χ1v) is 6.43. The Morgan fingerprint density at radius 2 is 2.00 bits per heavy atom. The molecule has 0 amide bonds. The van der Waals surface area contributed by atoms with Crippen LogP contribution in [0.1, 0.15) is 25.3 Å². The van der Waals surface area contributed by atoms with Crippen LogP contribution in [0, 0.1) is 0 Å². The molecule has 0 heterocycles. The van der Waals surface area contributed by atoms with Crippen molar-refractivity contribution in [3.8, 4) is 0 Å². The summed E-state index contributed by atoms with van der Waals surface area (Å²) in [6, 6.07) is 5.26. The van der Waals surface area contributed by atoms with Crippen LogP contribution in [0.15, 0.2) is 28.3 Å². The minimum Gasteiger partial charge on any atom is -0.369 e. The van der Waals surface area contributed by atoms with Crippen molar-refractivity contribution in [2.75, 3.05) is 6.54 Å². The highest BCUT2D eigenvalue weighted by Crippen LogP contribution is 2.21. The maximum Gasteiger partial charge on any atom is 0.209 e. The molecule has 7 heteroatoms. The van der Waals surface area contributed by atoms with E-state index < -0.39 is 0 Å². The Hall–Kier alpha value is -0.530. The van der Waals surface area contributed by atoms with E-state index in [9.17, 15) is 0 Å². The van der Waals surface area contributed by atoms with Crippen LogP contribution in [0.2, 0.25) is 10.0 Å². The number of unbranched alkanes of at least 4 members (excludes halogenated alkanes) is 1. The lowest BCUT2D eigenvalue weighted by Gasteiger charge is -2.01. The smallest absolute Gasteiger partial charge is 0.209 e. The third-order valence-electron chi connectivity index (χ3n) is 2.17. The lowest BCUT2D eigenvalue weighted by atomic mass is 10.2. The van der Waals surface area contributed by atoms with Gasteiger partial charge in [-0.1, -0.05) is 42.6 Å². The van der Waals surface area contributed by atoms with Crippen LogP contribution in [-0.2, 0) is 0 Å². The Labute approximate surface area is 140 Å². The highest BCUT2D eigenvalue weighted by molar-refractivity contribution is 14.0. The third-order valence-corrected chi connectivity index (χ3v) is 2.83. The predicted molar refractivity (Wildman–Crippen MR) is 94.0 cm³/mol. The average molecular weight is 415 g/mol. The topological polar surface area (TPSA) is 62.8 Å². The van der Waals surface area contributed by atoms with Gasteiger partial charge in [-0.2, -0.15) is 5.10 Å². The third kappa shape index (κ3) is 6.98. The lowest BCUT2D eigenvalue weighted by molar-refractivity contribution is 0.800. The average Bonchev–Trinajstić information content (AvgIpc) is 2.33. The van der Waals surface area contributed by atoms with E-state index in [1.54, 1.807) is 18.2 Å². The minimum absolute atomic E-state index is 0. The van der Waals surface area contributed by atoms with Crippen molar-refractivity contribution >= 4 is 59.4 Å². The van der Waals surface area contributed by atoms with Crippen molar-refractivity contribution in [2.24, 2.45) is 15.8 Å². The summed E-state index contributed by atoms with van der Waals surface area (Å²) < 4.78 is 0. The number of nitrogens with two attached hydrogens (primary N) is 1. The van der Waals surface area contributed by atoms with Gasteiger partial charge in [0.15, 0.2) is 0 Å². The Kier molecular flexibility index (Phi) is 9.99. The summed E-state index contributed by atoms with van der Waals surface area (Å²) in [7, 11) is 0. The number of nitrogens with one attached hydrogen (secondary N) is 1. The van der Waals surface area contributed by atoms with Gasteiger partial charge in [0.1, 0.15) is 0 Å². The zero-order valence-electron chi connectivity index (χ0n) is 10.6. The molecule has 0 saturated carbocycles. The highest BCUT2D eigenvalue weighted by Gasteiger charge is 2.01. The Balaban J connectivity index is 0.00000324. The fourth-order valence-electron chi connectivity index (χ4n) is 1.19. The van der Waals surface area contributed by atoms with Crippen LogP contribution in [-0.4, -0.2) is 18.7 Å². The van der Waals surface area contributed by atoms with Crippen LogP contribution in [0.5, 0.6) is 0 Å². The van der Waals surface area contributed by atoms with E-state index in [2.05, 4.69) is 22.4 Å². The lowest BCUT2D eigenvalue weighted by Crippen LogP contribution is -2.27. The van der Waals surface area contributed by atoms with Gasteiger partial charge in [0.2, 0.25) is 5.96 Å². The van der Waals surface area contributed by atoms with Gasteiger partial charge >= 0.3 is 0 Å². The molecule has 0 fully saturated rings. The number of hydrazone groups is 1. The van der Waals surface area contributed by atoms with Crippen LogP contribution in [0.3, 0.4) is 0 Å². The van der Waals surface area contributed by atoms with Crippen LogP contribution in [0.4, 0.5) is 0 Å². The number of rotatable bonds is 5. The van der Waals surface area contributed by atoms with Gasteiger partial charge in [0, 0.05) is 12.1 Å².